The summed E-state index contributed by atoms with van der Waals surface area (Å²) in [6.07, 6.45) is -0.0798. The van der Waals surface area contributed by atoms with E-state index in [1.54, 1.807) is 18.2 Å². The first-order valence-electron chi connectivity index (χ1n) is 7.47. The van der Waals surface area contributed by atoms with E-state index < -0.39 is 11.9 Å². The molecule has 0 aliphatic heterocycles. The lowest BCUT2D eigenvalue weighted by Crippen LogP contribution is -2.34. The Labute approximate surface area is 151 Å². The summed E-state index contributed by atoms with van der Waals surface area (Å²) in [6.45, 7) is 0.473. The van der Waals surface area contributed by atoms with Crippen LogP contribution in [0.25, 0.3) is 0 Å². The number of rotatable bonds is 9. The highest BCUT2D eigenvalue weighted by Gasteiger charge is 2.11. The van der Waals surface area contributed by atoms with Crippen LogP contribution in [0, 0.1) is 0 Å². The van der Waals surface area contributed by atoms with Crippen molar-refractivity contribution in [1.82, 2.24) is 5.32 Å². The average molecular weight is 370 g/mol. The van der Waals surface area contributed by atoms with Crippen LogP contribution in [0.5, 0.6) is 11.5 Å². The molecule has 9 heteroatoms. The minimum absolute atomic E-state index is 0.0388. The summed E-state index contributed by atoms with van der Waals surface area (Å²) in [7, 11) is 4.56. The van der Waals surface area contributed by atoms with Crippen molar-refractivity contribution in [2.45, 2.75) is 12.8 Å². The molecule has 1 aromatic carbocycles. The molecule has 25 heavy (non-hydrogen) atoms. The number of carbonyl (C=O) groups excluding carboxylic acids is 2. The maximum atomic E-state index is 11.8. The molecule has 0 heterocycles. The van der Waals surface area contributed by atoms with Crippen LogP contribution in [0.1, 0.15) is 12.8 Å². The van der Waals surface area contributed by atoms with Crippen LogP contribution >= 0.6 is 12.2 Å². The fourth-order valence-corrected chi connectivity index (χ4v) is 2.00. The van der Waals surface area contributed by atoms with Gasteiger partial charge in [-0.15, -0.1) is 0 Å². The van der Waals surface area contributed by atoms with Gasteiger partial charge in [0.15, 0.2) is 5.11 Å². The van der Waals surface area contributed by atoms with Crippen molar-refractivity contribution < 1.29 is 28.5 Å². The van der Waals surface area contributed by atoms with Gasteiger partial charge >= 0.3 is 5.97 Å². The Balaban J connectivity index is 2.46. The number of thiocarbonyl (C=S) groups is 1. The van der Waals surface area contributed by atoms with Gasteiger partial charge in [-0.1, -0.05) is 0 Å². The quantitative estimate of drug-likeness (QED) is 0.383. The zero-order chi connectivity index (χ0) is 18.7. The molecule has 0 radical (unpaired) electrons. The van der Waals surface area contributed by atoms with E-state index in [0.717, 1.165) is 0 Å². The van der Waals surface area contributed by atoms with Gasteiger partial charge in [-0.3, -0.25) is 9.59 Å². The first-order chi connectivity index (χ1) is 12.0. The topological polar surface area (TPSA) is 95.1 Å². The highest BCUT2D eigenvalue weighted by Crippen LogP contribution is 2.28. The second kappa shape index (κ2) is 11.2. The molecule has 8 nitrogen and oxygen atoms in total. The first-order valence-corrected chi connectivity index (χ1v) is 7.88. The molecule has 0 spiro atoms. The Kier molecular flexibility index (Phi) is 9.26. The summed E-state index contributed by atoms with van der Waals surface area (Å²) in [5, 5.41) is 5.44. The number of amides is 1. The van der Waals surface area contributed by atoms with Gasteiger partial charge in [-0.05, 0) is 24.4 Å². The number of benzene rings is 1. The predicted octanol–water partition coefficient (Wildman–Crippen LogP) is 1.49. The Bertz CT molecular complexity index is 608. The predicted molar refractivity (Wildman–Crippen MR) is 96.0 cm³/mol. The third-order valence-electron chi connectivity index (χ3n) is 3.01. The van der Waals surface area contributed by atoms with E-state index in [4.69, 9.17) is 31.2 Å². The van der Waals surface area contributed by atoms with Crippen molar-refractivity contribution in [1.29, 1.82) is 0 Å². The second-order valence-corrected chi connectivity index (χ2v) is 5.19. The van der Waals surface area contributed by atoms with Gasteiger partial charge in [0.1, 0.15) is 18.1 Å². The molecule has 0 unspecified atom stereocenters. The fraction of sp³-hybridized carbons (Fsp3) is 0.438. The Morgan fingerprint density at radius 1 is 1.08 bits per heavy atom. The first kappa shape index (κ1) is 20.7. The summed E-state index contributed by atoms with van der Waals surface area (Å²) in [6, 6.07) is 5.13. The van der Waals surface area contributed by atoms with Crippen molar-refractivity contribution in [3.8, 4) is 11.5 Å². The molecule has 0 saturated heterocycles. The molecular weight excluding hydrogens is 348 g/mol. The lowest BCUT2D eigenvalue weighted by Gasteiger charge is -2.13. The van der Waals surface area contributed by atoms with Crippen molar-refractivity contribution >= 4 is 34.9 Å². The summed E-state index contributed by atoms with van der Waals surface area (Å²) in [4.78, 5) is 23.2. The third kappa shape index (κ3) is 7.81. The van der Waals surface area contributed by atoms with E-state index in [1.807, 2.05) is 0 Å². The van der Waals surface area contributed by atoms with E-state index in [9.17, 15) is 9.59 Å². The van der Waals surface area contributed by atoms with Gasteiger partial charge in [-0.25, -0.2) is 0 Å². The van der Waals surface area contributed by atoms with E-state index in [-0.39, 0.29) is 24.6 Å². The molecule has 138 valence electrons. The van der Waals surface area contributed by atoms with Crippen LogP contribution in [0.4, 0.5) is 5.69 Å². The average Bonchev–Trinajstić information content (AvgIpc) is 2.60. The number of methoxy groups -OCH3 is 3. The minimum Gasteiger partial charge on any atom is -0.497 e. The molecule has 1 amide bonds. The van der Waals surface area contributed by atoms with Crippen LogP contribution in [0.2, 0.25) is 0 Å². The molecule has 0 aliphatic rings. The van der Waals surface area contributed by atoms with E-state index in [1.165, 1.54) is 21.3 Å². The van der Waals surface area contributed by atoms with Crippen molar-refractivity contribution in [2.75, 3.05) is 39.9 Å². The number of anilines is 1. The van der Waals surface area contributed by atoms with E-state index in [0.29, 0.717) is 23.8 Å². The largest absolute Gasteiger partial charge is 0.497 e. The number of ether oxygens (including phenoxy) is 4. The highest BCUT2D eigenvalue weighted by atomic mass is 32.1. The smallest absolute Gasteiger partial charge is 0.306 e. The number of hydrogen-bond donors (Lipinski definition) is 2. The molecule has 2 N–H and O–H groups in total. The summed E-state index contributed by atoms with van der Waals surface area (Å²) >= 11 is 5.09. The van der Waals surface area contributed by atoms with Gasteiger partial charge in [0, 0.05) is 19.6 Å². The molecule has 0 saturated carbocycles. The Morgan fingerprint density at radius 2 is 1.84 bits per heavy atom. The lowest BCUT2D eigenvalue weighted by atomic mass is 10.2. The molecule has 0 bridgehead atoms. The van der Waals surface area contributed by atoms with Crippen LogP contribution < -0.4 is 20.1 Å². The molecule has 1 rings (SSSR count). The molecule has 0 aliphatic carbocycles. The Hall–Kier alpha value is -2.39. The Morgan fingerprint density at radius 3 is 2.48 bits per heavy atom. The maximum absolute atomic E-state index is 11.8. The van der Waals surface area contributed by atoms with E-state index >= 15 is 0 Å². The molecule has 0 fully saturated rings. The fourth-order valence-electron chi connectivity index (χ4n) is 1.78. The number of nitrogens with one attached hydrogen (secondary N) is 2. The molecule has 1 aromatic rings. The van der Waals surface area contributed by atoms with Gasteiger partial charge in [0.2, 0.25) is 5.91 Å². The zero-order valence-electron chi connectivity index (χ0n) is 14.4. The van der Waals surface area contributed by atoms with Crippen LogP contribution in [0.15, 0.2) is 18.2 Å². The van der Waals surface area contributed by atoms with Crippen molar-refractivity contribution in [2.24, 2.45) is 0 Å². The third-order valence-corrected chi connectivity index (χ3v) is 3.22. The van der Waals surface area contributed by atoms with Crippen LogP contribution in [-0.2, 0) is 19.1 Å². The van der Waals surface area contributed by atoms with Gasteiger partial charge in [0.25, 0.3) is 0 Å². The SMILES string of the molecule is COCCOC(=O)CCC(=O)NC(=S)Nc1cc(OC)ccc1OC. The van der Waals surface area contributed by atoms with Gasteiger partial charge in [-0.2, -0.15) is 0 Å². The van der Waals surface area contributed by atoms with Gasteiger partial charge in [0.05, 0.1) is 32.9 Å². The standard InChI is InChI=1S/C16H22N2O6S/c1-21-8-9-24-15(20)7-6-14(19)18-16(25)17-12-10-11(22-2)4-5-13(12)23-3/h4-5,10H,6-9H2,1-3H3,(H2,17,18,19,25). The minimum atomic E-state index is -0.472. The maximum Gasteiger partial charge on any atom is 0.306 e. The summed E-state index contributed by atoms with van der Waals surface area (Å²) < 4.78 is 20.0. The van der Waals surface area contributed by atoms with Crippen molar-refractivity contribution in [3.05, 3.63) is 18.2 Å². The monoisotopic (exact) mass is 370 g/mol. The highest BCUT2D eigenvalue weighted by molar-refractivity contribution is 7.80. The number of hydrogen-bond acceptors (Lipinski definition) is 7. The summed E-state index contributed by atoms with van der Waals surface area (Å²) in [5.74, 6) is 0.277. The van der Waals surface area contributed by atoms with Crippen LogP contribution in [0.3, 0.4) is 0 Å². The molecule has 0 aromatic heterocycles. The molecular formula is C16H22N2O6S. The second-order valence-electron chi connectivity index (χ2n) is 4.78. The van der Waals surface area contributed by atoms with Crippen LogP contribution in [-0.4, -0.2) is 51.5 Å². The number of esters is 1. The van der Waals surface area contributed by atoms with Gasteiger partial charge < -0.3 is 29.6 Å². The lowest BCUT2D eigenvalue weighted by molar-refractivity contribution is -0.146. The van der Waals surface area contributed by atoms with Crippen molar-refractivity contribution in [3.63, 3.8) is 0 Å². The summed E-state index contributed by atoms with van der Waals surface area (Å²) in [5.41, 5.74) is 0.547. The normalized spacial score (nSPS) is 9.88. The molecule has 0 atom stereocenters. The number of carbonyl (C=O) groups is 2. The zero-order valence-corrected chi connectivity index (χ0v) is 15.2. The van der Waals surface area contributed by atoms with E-state index in [2.05, 4.69) is 10.6 Å².